The van der Waals surface area contributed by atoms with Crippen LogP contribution in [0.15, 0.2) is 24.3 Å². The minimum atomic E-state index is -2.43. The van der Waals surface area contributed by atoms with Crippen molar-refractivity contribution in [2.45, 2.75) is 13.0 Å². The third-order valence-corrected chi connectivity index (χ3v) is 2.50. The van der Waals surface area contributed by atoms with Gasteiger partial charge in [0.15, 0.2) is 0 Å². The van der Waals surface area contributed by atoms with Gasteiger partial charge in [0.1, 0.15) is 0 Å². The van der Waals surface area contributed by atoms with Gasteiger partial charge in [0, 0.05) is 31.7 Å². The molecule has 0 aliphatic rings. The second-order valence-corrected chi connectivity index (χ2v) is 3.83. The van der Waals surface area contributed by atoms with E-state index in [0.717, 1.165) is 5.56 Å². The van der Waals surface area contributed by atoms with Crippen molar-refractivity contribution in [1.82, 2.24) is 4.90 Å². The zero-order valence-corrected chi connectivity index (χ0v) is 9.65. The van der Waals surface area contributed by atoms with Gasteiger partial charge < -0.3 is 10.8 Å². The fourth-order valence-electron chi connectivity index (χ4n) is 1.62. The maximum atomic E-state index is 12.3. The maximum absolute atomic E-state index is 12.3. The fourth-order valence-corrected chi connectivity index (χ4v) is 1.62. The SMILES string of the molecule is NCCN(CCO)Cc1ccc(C(F)F)cc1. The van der Waals surface area contributed by atoms with E-state index in [9.17, 15) is 8.78 Å². The Labute approximate surface area is 99.8 Å². The highest BCUT2D eigenvalue weighted by molar-refractivity contribution is 5.23. The highest BCUT2D eigenvalue weighted by Crippen LogP contribution is 2.19. The number of rotatable bonds is 7. The maximum Gasteiger partial charge on any atom is 0.263 e. The summed E-state index contributed by atoms with van der Waals surface area (Å²) in [5, 5.41) is 8.88. The molecule has 1 rings (SSSR count). The van der Waals surface area contributed by atoms with Gasteiger partial charge in [0.2, 0.25) is 0 Å². The number of alkyl halides is 2. The first-order valence-electron chi connectivity index (χ1n) is 5.57. The van der Waals surface area contributed by atoms with E-state index in [1.807, 2.05) is 4.90 Å². The lowest BCUT2D eigenvalue weighted by molar-refractivity contribution is 0.151. The van der Waals surface area contributed by atoms with Crippen LogP contribution in [0.4, 0.5) is 8.78 Å². The smallest absolute Gasteiger partial charge is 0.263 e. The standard InChI is InChI=1S/C12H18F2N2O/c13-12(14)11-3-1-10(2-4-11)9-16(6-5-15)7-8-17/h1-4,12,17H,5-9,15H2. The van der Waals surface area contributed by atoms with Gasteiger partial charge in [-0.25, -0.2) is 8.78 Å². The van der Waals surface area contributed by atoms with Gasteiger partial charge in [-0.2, -0.15) is 0 Å². The molecule has 0 atom stereocenters. The van der Waals surface area contributed by atoms with Gasteiger partial charge >= 0.3 is 0 Å². The van der Waals surface area contributed by atoms with Crippen LogP contribution in [0.5, 0.6) is 0 Å². The molecule has 0 saturated heterocycles. The predicted octanol–water partition coefficient (Wildman–Crippen LogP) is 1.38. The van der Waals surface area contributed by atoms with Crippen LogP contribution in [-0.2, 0) is 6.54 Å². The number of nitrogens with two attached hydrogens (primary N) is 1. The van der Waals surface area contributed by atoms with Crippen LogP contribution >= 0.6 is 0 Å². The molecule has 1 aromatic carbocycles. The Bertz CT molecular complexity index is 311. The van der Waals surface area contributed by atoms with E-state index in [1.165, 1.54) is 12.1 Å². The summed E-state index contributed by atoms with van der Waals surface area (Å²) < 4.78 is 24.7. The highest BCUT2D eigenvalue weighted by Gasteiger charge is 2.08. The number of aliphatic hydroxyl groups excluding tert-OH is 1. The van der Waals surface area contributed by atoms with Crippen molar-refractivity contribution in [1.29, 1.82) is 0 Å². The summed E-state index contributed by atoms with van der Waals surface area (Å²) in [6.07, 6.45) is -2.43. The fraction of sp³-hybridized carbons (Fsp3) is 0.500. The Hall–Kier alpha value is -1.04. The largest absolute Gasteiger partial charge is 0.395 e. The molecule has 0 heterocycles. The molecule has 0 fully saturated rings. The number of nitrogens with zero attached hydrogens (tertiary/aromatic N) is 1. The van der Waals surface area contributed by atoms with Crippen molar-refractivity contribution >= 4 is 0 Å². The number of halogens is 2. The van der Waals surface area contributed by atoms with Crippen molar-refractivity contribution in [3.05, 3.63) is 35.4 Å². The number of aliphatic hydroxyl groups is 1. The Morgan fingerprint density at radius 3 is 2.29 bits per heavy atom. The van der Waals surface area contributed by atoms with E-state index in [4.69, 9.17) is 10.8 Å². The molecule has 0 spiro atoms. The van der Waals surface area contributed by atoms with Crippen LogP contribution in [0, 0.1) is 0 Å². The third-order valence-electron chi connectivity index (χ3n) is 2.50. The van der Waals surface area contributed by atoms with Crippen LogP contribution in [0.1, 0.15) is 17.6 Å². The average molecular weight is 244 g/mol. The number of hydrogen-bond acceptors (Lipinski definition) is 3. The molecule has 0 bridgehead atoms. The molecule has 5 heteroatoms. The predicted molar refractivity (Wildman–Crippen MR) is 62.8 cm³/mol. The first-order valence-corrected chi connectivity index (χ1v) is 5.57. The molecular formula is C12H18F2N2O. The van der Waals surface area contributed by atoms with Gasteiger partial charge in [0.25, 0.3) is 6.43 Å². The summed E-state index contributed by atoms with van der Waals surface area (Å²) in [6.45, 7) is 2.40. The second kappa shape index (κ2) is 7.32. The molecule has 96 valence electrons. The third kappa shape index (κ3) is 4.77. The minimum absolute atomic E-state index is 0.0290. The summed E-state index contributed by atoms with van der Waals surface area (Å²) in [5.74, 6) is 0. The van der Waals surface area contributed by atoms with Crippen LogP contribution < -0.4 is 5.73 Å². The lowest BCUT2D eigenvalue weighted by Gasteiger charge is -2.20. The molecule has 0 aliphatic heterocycles. The molecular weight excluding hydrogens is 226 g/mol. The van der Waals surface area contributed by atoms with E-state index < -0.39 is 6.43 Å². The summed E-state index contributed by atoms with van der Waals surface area (Å²) >= 11 is 0. The van der Waals surface area contributed by atoms with Gasteiger partial charge in [-0.1, -0.05) is 24.3 Å². The van der Waals surface area contributed by atoms with Gasteiger partial charge in [0.05, 0.1) is 6.61 Å². The van der Waals surface area contributed by atoms with E-state index in [1.54, 1.807) is 12.1 Å². The van der Waals surface area contributed by atoms with Crippen LogP contribution in [0.25, 0.3) is 0 Å². The molecule has 0 aromatic heterocycles. The zero-order valence-electron chi connectivity index (χ0n) is 9.65. The van der Waals surface area contributed by atoms with E-state index >= 15 is 0 Å². The molecule has 17 heavy (non-hydrogen) atoms. The monoisotopic (exact) mass is 244 g/mol. The van der Waals surface area contributed by atoms with Crippen LogP contribution in [-0.4, -0.2) is 36.2 Å². The Kier molecular flexibility index (Phi) is 6.04. The summed E-state index contributed by atoms with van der Waals surface area (Å²) in [5.41, 5.74) is 6.42. The second-order valence-electron chi connectivity index (χ2n) is 3.83. The molecule has 0 unspecified atom stereocenters. The van der Waals surface area contributed by atoms with E-state index in [0.29, 0.717) is 26.2 Å². The normalized spacial score (nSPS) is 11.4. The number of hydrogen-bond donors (Lipinski definition) is 2. The highest BCUT2D eigenvalue weighted by atomic mass is 19.3. The molecule has 0 amide bonds. The summed E-state index contributed by atoms with van der Waals surface area (Å²) in [6, 6.07) is 6.23. The lowest BCUT2D eigenvalue weighted by Crippen LogP contribution is -2.31. The Morgan fingerprint density at radius 1 is 1.18 bits per heavy atom. The molecule has 3 N–H and O–H groups in total. The molecule has 3 nitrogen and oxygen atoms in total. The first kappa shape index (κ1) is 14.0. The molecule has 1 aromatic rings. The van der Waals surface area contributed by atoms with Crippen molar-refractivity contribution < 1.29 is 13.9 Å². The first-order chi connectivity index (χ1) is 8.17. The lowest BCUT2D eigenvalue weighted by atomic mass is 10.1. The van der Waals surface area contributed by atoms with E-state index in [2.05, 4.69) is 0 Å². The van der Waals surface area contributed by atoms with Crippen LogP contribution in [0.2, 0.25) is 0 Å². The minimum Gasteiger partial charge on any atom is -0.395 e. The topological polar surface area (TPSA) is 49.5 Å². The summed E-state index contributed by atoms with van der Waals surface area (Å²) in [4.78, 5) is 1.98. The Balaban J connectivity index is 2.59. The van der Waals surface area contributed by atoms with Gasteiger partial charge in [-0.3, -0.25) is 4.90 Å². The summed E-state index contributed by atoms with van der Waals surface area (Å²) in [7, 11) is 0. The van der Waals surface area contributed by atoms with Crippen molar-refractivity contribution in [3.8, 4) is 0 Å². The molecule has 0 aliphatic carbocycles. The molecule has 0 radical (unpaired) electrons. The van der Waals surface area contributed by atoms with E-state index in [-0.39, 0.29) is 12.2 Å². The zero-order chi connectivity index (χ0) is 12.7. The van der Waals surface area contributed by atoms with Crippen molar-refractivity contribution in [2.24, 2.45) is 5.73 Å². The quantitative estimate of drug-likeness (QED) is 0.761. The van der Waals surface area contributed by atoms with Gasteiger partial charge in [-0.15, -0.1) is 0 Å². The van der Waals surface area contributed by atoms with Crippen LogP contribution in [0.3, 0.4) is 0 Å². The molecule has 0 saturated carbocycles. The number of benzene rings is 1. The van der Waals surface area contributed by atoms with Crippen molar-refractivity contribution in [3.63, 3.8) is 0 Å². The average Bonchev–Trinajstić information content (AvgIpc) is 2.30. The van der Waals surface area contributed by atoms with Crippen molar-refractivity contribution in [2.75, 3.05) is 26.2 Å². The Morgan fingerprint density at radius 2 is 1.82 bits per heavy atom. The van der Waals surface area contributed by atoms with Gasteiger partial charge in [-0.05, 0) is 5.56 Å².